The Morgan fingerprint density at radius 2 is 2.00 bits per heavy atom. The number of aromatic nitrogens is 1. The third kappa shape index (κ3) is 3.15. The highest BCUT2D eigenvalue weighted by molar-refractivity contribution is 7.13. The molecule has 2 amide bonds. The van der Waals surface area contributed by atoms with Gasteiger partial charge in [-0.1, -0.05) is 23.8 Å². The molecule has 1 aliphatic rings. The number of rotatable bonds is 4. The molecule has 0 saturated carbocycles. The smallest absolute Gasteiger partial charge is 0.232 e. The molecular weight excluding hydrogens is 366 g/mol. The van der Waals surface area contributed by atoms with Gasteiger partial charge in [0, 0.05) is 28.6 Å². The Morgan fingerprint density at radius 1 is 1.19 bits per heavy atom. The lowest BCUT2D eigenvalue weighted by atomic mass is 9.97. The lowest BCUT2D eigenvalue weighted by Crippen LogP contribution is -2.31. The highest BCUT2D eigenvalue weighted by Gasteiger charge is 2.45. The lowest BCUT2D eigenvalue weighted by Gasteiger charge is -2.27. The third-order valence-electron chi connectivity index (χ3n) is 4.47. The van der Waals surface area contributed by atoms with Crippen molar-refractivity contribution in [2.24, 2.45) is 5.92 Å². The number of anilines is 2. The Balaban J connectivity index is 1.69. The van der Waals surface area contributed by atoms with E-state index in [0.29, 0.717) is 5.13 Å². The second-order valence-electron chi connectivity index (χ2n) is 6.20. The molecule has 1 fully saturated rings. The fourth-order valence-corrected chi connectivity index (χ4v) is 4.66. The summed E-state index contributed by atoms with van der Waals surface area (Å²) in [5, 5.41) is 7.19. The first kappa shape index (κ1) is 16.9. The molecule has 4 rings (SSSR count). The lowest BCUT2D eigenvalue weighted by molar-refractivity contribution is -0.122. The summed E-state index contributed by atoms with van der Waals surface area (Å²) in [6.07, 6.45) is 1.84. The topological polar surface area (TPSA) is 62.3 Å². The first-order chi connectivity index (χ1) is 12.6. The number of carbonyl (C=O) groups is 2. The number of benzene rings is 1. The first-order valence-corrected chi connectivity index (χ1v) is 10.0. The van der Waals surface area contributed by atoms with Gasteiger partial charge in [-0.05, 0) is 30.5 Å². The molecule has 3 heterocycles. The number of hydrogen-bond acceptors (Lipinski definition) is 5. The molecular formula is C19H17N3O2S2. The van der Waals surface area contributed by atoms with E-state index in [1.807, 2.05) is 54.1 Å². The van der Waals surface area contributed by atoms with E-state index in [2.05, 4.69) is 10.3 Å². The van der Waals surface area contributed by atoms with Gasteiger partial charge in [-0.15, -0.1) is 22.7 Å². The molecule has 2 atom stereocenters. The number of hydrogen-bond donors (Lipinski definition) is 1. The maximum atomic E-state index is 12.9. The van der Waals surface area contributed by atoms with Crippen molar-refractivity contribution >= 4 is 45.3 Å². The normalized spacial score (nSPS) is 19.7. The van der Waals surface area contributed by atoms with Crippen LogP contribution in [0.5, 0.6) is 0 Å². The zero-order valence-corrected chi connectivity index (χ0v) is 15.7. The Labute approximate surface area is 159 Å². The van der Waals surface area contributed by atoms with E-state index in [0.717, 1.165) is 16.1 Å². The van der Waals surface area contributed by atoms with Gasteiger partial charge in [0.05, 0.1) is 12.0 Å². The summed E-state index contributed by atoms with van der Waals surface area (Å²) in [6.45, 7) is 2.01. The Morgan fingerprint density at radius 3 is 2.65 bits per heavy atom. The largest absolute Gasteiger partial charge is 0.303 e. The van der Waals surface area contributed by atoms with E-state index in [1.54, 1.807) is 22.4 Å². The van der Waals surface area contributed by atoms with Gasteiger partial charge in [0.2, 0.25) is 11.8 Å². The van der Waals surface area contributed by atoms with Crippen LogP contribution in [0.1, 0.15) is 22.9 Å². The molecule has 5 nitrogen and oxygen atoms in total. The van der Waals surface area contributed by atoms with Gasteiger partial charge in [0.15, 0.2) is 5.13 Å². The van der Waals surface area contributed by atoms with Crippen LogP contribution < -0.4 is 10.2 Å². The first-order valence-electron chi connectivity index (χ1n) is 8.26. The van der Waals surface area contributed by atoms with Crippen LogP contribution in [-0.2, 0) is 9.59 Å². The van der Waals surface area contributed by atoms with Crippen molar-refractivity contribution in [3.8, 4) is 0 Å². The van der Waals surface area contributed by atoms with Crippen LogP contribution in [0.2, 0.25) is 0 Å². The molecule has 0 radical (unpaired) electrons. The maximum Gasteiger partial charge on any atom is 0.232 e. The minimum Gasteiger partial charge on any atom is -0.303 e. The van der Waals surface area contributed by atoms with Crippen LogP contribution in [0, 0.1) is 12.8 Å². The molecule has 3 aromatic rings. The Kier molecular flexibility index (Phi) is 4.57. The quantitative estimate of drug-likeness (QED) is 0.733. The third-order valence-corrected chi connectivity index (χ3v) is 6.10. The maximum absolute atomic E-state index is 12.9. The molecule has 2 aromatic heterocycles. The van der Waals surface area contributed by atoms with Gasteiger partial charge in [0.1, 0.15) is 0 Å². The number of nitrogens with zero attached hydrogens (tertiary/aromatic N) is 2. The zero-order chi connectivity index (χ0) is 18.1. The fourth-order valence-electron chi connectivity index (χ4n) is 3.25. The number of carbonyl (C=O) groups excluding carboxylic acids is 2. The summed E-state index contributed by atoms with van der Waals surface area (Å²) in [4.78, 5) is 32.6. The van der Waals surface area contributed by atoms with Crippen molar-refractivity contribution in [3.63, 3.8) is 0 Å². The number of thiophene rings is 1. The molecule has 132 valence electrons. The van der Waals surface area contributed by atoms with Crippen LogP contribution in [-0.4, -0.2) is 16.8 Å². The minimum absolute atomic E-state index is 0.0356. The Bertz CT molecular complexity index is 905. The highest BCUT2D eigenvalue weighted by atomic mass is 32.1. The summed E-state index contributed by atoms with van der Waals surface area (Å²) >= 11 is 2.94. The van der Waals surface area contributed by atoms with Crippen molar-refractivity contribution in [1.29, 1.82) is 0 Å². The van der Waals surface area contributed by atoms with Crippen LogP contribution in [0.25, 0.3) is 0 Å². The molecule has 0 bridgehead atoms. The number of thiazole rings is 1. The van der Waals surface area contributed by atoms with Crippen molar-refractivity contribution in [3.05, 3.63) is 63.8 Å². The van der Waals surface area contributed by atoms with E-state index >= 15 is 0 Å². The molecule has 1 N–H and O–H groups in total. The fraction of sp³-hybridized carbons (Fsp3) is 0.211. The van der Waals surface area contributed by atoms with E-state index in [1.165, 1.54) is 11.3 Å². The summed E-state index contributed by atoms with van der Waals surface area (Å²) < 4.78 is 0. The summed E-state index contributed by atoms with van der Waals surface area (Å²) in [5.41, 5.74) is 1.95. The summed E-state index contributed by atoms with van der Waals surface area (Å²) in [7, 11) is 0. The molecule has 26 heavy (non-hydrogen) atoms. The molecule has 0 spiro atoms. The van der Waals surface area contributed by atoms with Crippen LogP contribution >= 0.6 is 22.7 Å². The van der Waals surface area contributed by atoms with Gasteiger partial charge >= 0.3 is 0 Å². The van der Waals surface area contributed by atoms with Crippen LogP contribution in [0.3, 0.4) is 0 Å². The average Bonchev–Trinajstić information content (AvgIpc) is 3.36. The predicted molar refractivity (Wildman–Crippen MR) is 105 cm³/mol. The van der Waals surface area contributed by atoms with Gasteiger partial charge in [-0.25, -0.2) is 4.98 Å². The van der Waals surface area contributed by atoms with E-state index < -0.39 is 5.92 Å². The molecule has 2 unspecified atom stereocenters. The monoisotopic (exact) mass is 383 g/mol. The second kappa shape index (κ2) is 7.01. The Hall–Kier alpha value is -2.51. The van der Waals surface area contributed by atoms with Crippen molar-refractivity contribution in [1.82, 2.24) is 4.98 Å². The number of aryl methyl sites for hydroxylation is 1. The molecule has 0 aliphatic carbocycles. The van der Waals surface area contributed by atoms with Crippen molar-refractivity contribution < 1.29 is 9.59 Å². The second-order valence-corrected chi connectivity index (χ2v) is 8.07. The van der Waals surface area contributed by atoms with Crippen molar-refractivity contribution in [2.75, 3.05) is 10.2 Å². The highest BCUT2D eigenvalue weighted by Crippen LogP contribution is 2.43. The van der Waals surface area contributed by atoms with Crippen molar-refractivity contribution in [2.45, 2.75) is 19.4 Å². The van der Waals surface area contributed by atoms with Crippen LogP contribution in [0.15, 0.2) is 53.4 Å². The van der Waals surface area contributed by atoms with Gasteiger partial charge in [0.25, 0.3) is 0 Å². The van der Waals surface area contributed by atoms with E-state index in [9.17, 15) is 9.59 Å². The predicted octanol–water partition coefficient (Wildman–Crippen LogP) is 4.25. The number of nitrogens with one attached hydrogen (secondary N) is 1. The molecule has 1 saturated heterocycles. The summed E-state index contributed by atoms with van der Waals surface area (Å²) in [6, 6.07) is 11.5. The van der Waals surface area contributed by atoms with E-state index in [-0.39, 0.29) is 24.3 Å². The molecule has 1 aromatic carbocycles. The van der Waals surface area contributed by atoms with Gasteiger partial charge in [-0.3, -0.25) is 9.59 Å². The van der Waals surface area contributed by atoms with E-state index in [4.69, 9.17) is 0 Å². The van der Waals surface area contributed by atoms with Crippen LogP contribution in [0.4, 0.5) is 10.8 Å². The molecule has 1 aliphatic heterocycles. The molecule has 7 heteroatoms. The van der Waals surface area contributed by atoms with Gasteiger partial charge < -0.3 is 10.2 Å². The average molecular weight is 383 g/mol. The zero-order valence-electron chi connectivity index (χ0n) is 14.1. The number of amides is 2. The minimum atomic E-state index is -0.452. The SMILES string of the molecule is Cc1ccc(N2C(=O)CC(C(=O)Nc3nccs3)C2c2cccs2)cc1. The summed E-state index contributed by atoms with van der Waals surface area (Å²) in [5.74, 6) is -0.654. The standard InChI is InChI=1S/C19H17N3O2S2/c1-12-4-6-13(7-5-12)22-16(23)11-14(17(22)15-3-2-9-25-15)18(24)21-19-20-8-10-26-19/h2-10,14,17H,11H2,1H3,(H,20,21,24). The van der Waals surface area contributed by atoms with Gasteiger partial charge in [-0.2, -0.15) is 0 Å².